The van der Waals surface area contributed by atoms with Crippen molar-refractivity contribution in [3.8, 4) is 0 Å². The lowest BCUT2D eigenvalue weighted by Gasteiger charge is -2.27. The topological polar surface area (TPSA) is 128 Å². The van der Waals surface area contributed by atoms with E-state index >= 15 is 0 Å². The van der Waals surface area contributed by atoms with Crippen molar-refractivity contribution in [2.45, 2.75) is 32.7 Å². The molecule has 0 radical (unpaired) electrons. The Balaban J connectivity index is 1.72. The maximum absolute atomic E-state index is 12.8. The number of hydrogen-bond acceptors (Lipinski definition) is 6. The van der Waals surface area contributed by atoms with Crippen LogP contribution in [0.1, 0.15) is 35.4 Å². The summed E-state index contributed by atoms with van der Waals surface area (Å²) in [6, 6.07) is 0. The van der Waals surface area contributed by atoms with E-state index in [0.29, 0.717) is 24.5 Å². The van der Waals surface area contributed by atoms with Crippen LogP contribution in [0.3, 0.4) is 0 Å². The fourth-order valence-corrected chi connectivity index (χ4v) is 3.13. The standard InChI is InChI=1S/C16H21N7O4/c1-11-13(23(26)27)9-22(19-11)10-14(24)18-12-8-17-20(2)15(12)16(25)21-6-4-3-5-7-21/h8-9H,3-7,10H2,1-2H3,(H,18,24). The molecule has 2 amide bonds. The molecular weight excluding hydrogens is 354 g/mol. The molecule has 3 heterocycles. The first-order valence-electron chi connectivity index (χ1n) is 8.66. The van der Waals surface area contributed by atoms with Crippen LogP contribution in [0.15, 0.2) is 12.4 Å². The van der Waals surface area contributed by atoms with Crippen LogP contribution in [0, 0.1) is 17.0 Å². The number of carbonyl (C=O) groups excluding carboxylic acids is 2. The zero-order valence-electron chi connectivity index (χ0n) is 15.2. The van der Waals surface area contributed by atoms with E-state index < -0.39 is 10.8 Å². The van der Waals surface area contributed by atoms with Crippen LogP contribution in [0.4, 0.5) is 11.4 Å². The number of aromatic nitrogens is 4. The van der Waals surface area contributed by atoms with Crippen LogP contribution in [-0.2, 0) is 18.4 Å². The van der Waals surface area contributed by atoms with Crippen LogP contribution in [-0.4, -0.2) is 54.3 Å². The first-order chi connectivity index (χ1) is 12.9. The smallest absolute Gasteiger partial charge is 0.309 e. The molecule has 1 fully saturated rings. The maximum Gasteiger partial charge on any atom is 0.309 e. The van der Waals surface area contributed by atoms with Crippen molar-refractivity contribution in [2.75, 3.05) is 18.4 Å². The highest BCUT2D eigenvalue weighted by atomic mass is 16.6. The molecule has 27 heavy (non-hydrogen) atoms. The maximum atomic E-state index is 12.8. The second-order valence-electron chi connectivity index (χ2n) is 6.49. The highest BCUT2D eigenvalue weighted by Gasteiger charge is 2.25. The van der Waals surface area contributed by atoms with Crippen molar-refractivity contribution < 1.29 is 14.5 Å². The Morgan fingerprint density at radius 3 is 2.63 bits per heavy atom. The molecule has 2 aromatic rings. The summed E-state index contributed by atoms with van der Waals surface area (Å²) in [6.45, 7) is 2.67. The Morgan fingerprint density at radius 1 is 1.30 bits per heavy atom. The number of anilines is 1. The predicted octanol–water partition coefficient (Wildman–Crippen LogP) is 1.10. The average molecular weight is 375 g/mol. The summed E-state index contributed by atoms with van der Waals surface area (Å²) in [7, 11) is 1.65. The number of rotatable bonds is 5. The van der Waals surface area contributed by atoms with Crippen molar-refractivity contribution in [3.63, 3.8) is 0 Å². The lowest BCUT2D eigenvalue weighted by atomic mass is 10.1. The molecule has 11 heteroatoms. The summed E-state index contributed by atoms with van der Waals surface area (Å²) in [4.78, 5) is 37.2. The molecule has 0 spiro atoms. The number of aryl methyl sites for hydroxylation is 2. The van der Waals surface area contributed by atoms with E-state index in [4.69, 9.17) is 0 Å². The fraction of sp³-hybridized carbons (Fsp3) is 0.500. The summed E-state index contributed by atoms with van der Waals surface area (Å²) in [5.41, 5.74) is 0.713. The molecule has 1 aliphatic rings. The lowest BCUT2D eigenvalue weighted by molar-refractivity contribution is -0.385. The van der Waals surface area contributed by atoms with Gasteiger partial charge in [0.15, 0.2) is 0 Å². The molecule has 1 saturated heterocycles. The Kier molecular flexibility index (Phi) is 5.19. The minimum Gasteiger partial charge on any atom is -0.337 e. The first-order valence-corrected chi connectivity index (χ1v) is 8.66. The Morgan fingerprint density at radius 2 is 2.00 bits per heavy atom. The van der Waals surface area contributed by atoms with Gasteiger partial charge in [0, 0.05) is 20.1 Å². The van der Waals surface area contributed by atoms with Gasteiger partial charge in [0.1, 0.15) is 24.1 Å². The number of nitro groups is 1. The molecule has 0 atom stereocenters. The van der Waals surface area contributed by atoms with Gasteiger partial charge in [-0.05, 0) is 26.2 Å². The quantitative estimate of drug-likeness (QED) is 0.615. The molecule has 144 valence electrons. The molecule has 0 saturated carbocycles. The summed E-state index contributed by atoms with van der Waals surface area (Å²) in [5.74, 6) is -0.622. The van der Waals surface area contributed by atoms with Gasteiger partial charge in [0.25, 0.3) is 5.91 Å². The monoisotopic (exact) mass is 375 g/mol. The number of nitrogens with zero attached hydrogens (tertiary/aromatic N) is 6. The fourth-order valence-electron chi connectivity index (χ4n) is 3.13. The lowest BCUT2D eigenvalue weighted by Crippen LogP contribution is -2.37. The van der Waals surface area contributed by atoms with Gasteiger partial charge < -0.3 is 10.2 Å². The Bertz CT molecular complexity index is 879. The number of piperidine rings is 1. The summed E-state index contributed by atoms with van der Waals surface area (Å²) in [5, 5.41) is 21.6. The van der Waals surface area contributed by atoms with Crippen molar-refractivity contribution in [3.05, 3.63) is 33.9 Å². The van der Waals surface area contributed by atoms with E-state index in [9.17, 15) is 19.7 Å². The van der Waals surface area contributed by atoms with Crippen molar-refractivity contribution in [2.24, 2.45) is 7.05 Å². The molecule has 0 bridgehead atoms. The van der Waals surface area contributed by atoms with Crippen LogP contribution < -0.4 is 5.32 Å². The Labute approximate surface area is 155 Å². The second-order valence-corrected chi connectivity index (χ2v) is 6.49. The van der Waals surface area contributed by atoms with E-state index in [0.717, 1.165) is 19.3 Å². The summed E-state index contributed by atoms with van der Waals surface area (Å²) >= 11 is 0. The normalized spacial score (nSPS) is 14.2. The molecular formula is C16H21N7O4. The molecule has 0 unspecified atom stereocenters. The summed E-state index contributed by atoms with van der Waals surface area (Å²) in [6.07, 6.45) is 5.66. The number of likely N-dealkylation sites (tertiary alicyclic amines) is 1. The zero-order valence-corrected chi connectivity index (χ0v) is 15.2. The Hall–Kier alpha value is -3.24. The number of amides is 2. The third-order valence-electron chi connectivity index (χ3n) is 4.48. The highest BCUT2D eigenvalue weighted by molar-refractivity contribution is 6.02. The molecule has 2 aromatic heterocycles. The largest absolute Gasteiger partial charge is 0.337 e. The molecule has 1 aliphatic heterocycles. The van der Waals surface area contributed by atoms with E-state index in [1.165, 1.54) is 28.7 Å². The molecule has 1 N–H and O–H groups in total. The number of carbonyl (C=O) groups is 2. The number of nitrogens with one attached hydrogen (secondary N) is 1. The van der Waals surface area contributed by atoms with Crippen LogP contribution in [0.2, 0.25) is 0 Å². The van der Waals surface area contributed by atoms with Crippen LogP contribution >= 0.6 is 0 Å². The zero-order chi connectivity index (χ0) is 19.6. The minimum absolute atomic E-state index is 0.148. The van der Waals surface area contributed by atoms with Gasteiger partial charge >= 0.3 is 5.69 Å². The van der Waals surface area contributed by atoms with Crippen molar-refractivity contribution >= 4 is 23.2 Å². The van der Waals surface area contributed by atoms with Crippen molar-refractivity contribution in [1.29, 1.82) is 0 Å². The molecule has 0 aliphatic carbocycles. The van der Waals surface area contributed by atoms with E-state index in [-0.39, 0.29) is 23.8 Å². The first kappa shape index (κ1) is 18.5. The van der Waals surface area contributed by atoms with Gasteiger partial charge in [0.2, 0.25) is 5.91 Å². The molecule has 3 rings (SSSR count). The third kappa shape index (κ3) is 3.96. The van der Waals surface area contributed by atoms with Gasteiger partial charge in [-0.15, -0.1) is 0 Å². The van der Waals surface area contributed by atoms with E-state index in [1.54, 1.807) is 11.9 Å². The molecule has 0 aromatic carbocycles. The minimum atomic E-state index is -0.548. The van der Waals surface area contributed by atoms with Gasteiger partial charge in [-0.2, -0.15) is 10.2 Å². The van der Waals surface area contributed by atoms with Gasteiger partial charge in [0.05, 0.1) is 16.8 Å². The SMILES string of the molecule is Cc1nn(CC(=O)Nc2cnn(C)c2C(=O)N2CCCCC2)cc1[N+](=O)[O-]. The van der Waals surface area contributed by atoms with Crippen LogP contribution in [0.25, 0.3) is 0 Å². The van der Waals surface area contributed by atoms with E-state index in [1.807, 2.05) is 0 Å². The summed E-state index contributed by atoms with van der Waals surface area (Å²) < 4.78 is 2.64. The van der Waals surface area contributed by atoms with Crippen molar-refractivity contribution in [1.82, 2.24) is 24.5 Å². The van der Waals surface area contributed by atoms with Gasteiger partial charge in [-0.25, -0.2) is 0 Å². The van der Waals surface area contributed by atoms with Gasteiger partial charge in [-0.1, -0.05) is 0 Å². The number of hydrogen-bond donors (Lipinski definition) is 1. The average Bonchev–Trinajstić information content (AvgIpc) is 3.17. The highest BCUT2D eigenvalue weighted by Crippen LogP contribution is 2.20. The molecule has 11 nitrogen and oxygen atoms in total. The van der Waals surface area contributed by atoms with E-state index in [2.05, 4.69) is 15.5 Å². The third-order valence-corrected chi connectivity index (χ3v) is 4.48. The van der Waals surface area contributed by atoms with Gasteiger partial charge in [-0.3, -0.25) is 29.1 Å². The predicted molar refractivity (Wildman–Crippen MR) is 95.2 cm³/mol. The second kappa shape index (κ2) is 7.56. The van der Waals surface area contributed by atoms with Crippen LogP contribution in [0.5, 0.6) is 0 Å².